The standard InChI is InChI=1S/C29H41N5O/c1-7-27-26(20-33(21(2)3)19-24-12-9-11-23(5)28(24)35)29(32-16-14-31(6)15-17-32)34(30-27)25-13-8-10-22(4)18-25/h8-13,18,21,35H,7,14-17,19-20H2,1-6H3. The third-order valence-electron chi connectivity index (χ3n) is 7.21. The highest BCUT2D eigenvalue weighted by Gasteiger charge is 2.27. The first-order chi connectivity index (χ1) is 16.8. The Bertz CT molecular complexity index is 1140. The third kappa shape index (κ3) is 5.54. The van der Waals surface area contributed by atoms with Crippen LogP contribution in [0.3, 0.4) is 0 Å². The Labute approximate surface area is 210 Å². The number of hydrogen-bond donors (Lipinski definition) is 1. The summed E-state index contributed by atoms with van der Waals surface area (Å²) in [6.07, 6.45) is 0.885. The second kappa shape index (κ2) is 10.8. The Morgan fingerprint density at radius 3 is 2.37 bits per heavy atom. The van der Waals surface area contributed by atoms with Crippen molar-refractivity contribution < 1.29 is 5.11 Å². The van der Waals surface area contributed by atoms with Crippen molar-refractivity contribution in [1.82, 2.24) is 19.6 Å². The number of para-hydroxylation sites is 1. The van der Waals surface area contributed by atoms with Gasteiger partial charge in [-0.05, 0) is 64.4 Å². The largest absolute Gasteiger partial charge is 0.507 e. The number of phenolic OH excluding ortho intramolecular Hbond substituents is 1. The van der Waals surface area contributed by atoms with E-state index in [-0.39, 0.29) is 0 Å². The quantitative estimate of drug-likeness (QED) is 0.501. The van der Waals surface area contributed by atoms with E-state index in [1.807, 2.05) is 25.1 Å². The van der Waals surface area contributed by atoms with E-state index in [0.29, 0.717) is 18.3 Å². The predicted molar refractivity (Wildman–Crippen MR) is 145 cm³/mol. The first kappa shape index (κ1) is 25.3. The number of nitrogens with zero attached hydrogens (tertiary/aromatic N) is 5. The number of benzene rings is 2. The van der Waals surface area contributed by atoms with Crippen molar-refractivity contribution in [3.05, 3.63) is 70.4 Å². The minimum Gasteiger partial charge on any atom is -0.507 e. The van der Waals surface area contributed by atoms with Crippen LogP contribution in [-0.4, -0.2) is 64.0 Å². The van der Waals surface area contributed by atoms with Crippen molar-refractivity contribution in [2.45, 2.75) is 60.2 Å². The summed E-state index contributed by atoms with van der Waals surface area (Å²) in [6, 6.07) is 15.0. The second-order valence-corrected chi connectivity index (χ2v) is 10.2. The second-order valence-electron chi connectivity index (χ2n) is 10.2. The summed E-state index contributed by atoms with van der Waals surface area (Å²) in [7, 11) is 2.20. The molecule has 0 saturated carbocycles. The molecule has 6 heteroatoms. The lowest BCUT2D eigenvalue weighted by atomic mass is 10.1. The fourth-order valence-electron chi connectivity index (χ4n) is 4.90. The van der Waals surface area contributed by atoms with Gasteiger partial charge in [0.1, 0.15) is 11.6 Å². The molecule has 0 bridgehead atoms. The molecular weight excluding hydrogens is 434 g/mol. The van der Waals surface area contributed by atoms with Gasteiger partial charge in [0.25, 0.3) is 0 Å². The minimum atomic E-state index is 0.322. The number of aryl methyl sites for hydroxylation is 3. The van der Waals surface area contributed by atoms with Crippen LogP contribution in [0.1, 0.15) is 48.7 Å². The first-order valence-corrected chi connectivity index (χ1v) is 12.9. The summed E-state index contributed by atoms with van der Waals surface area (Å²) in [4.78, 5) is 7.36. The number of piperazine rings is 1. The van der Waals surface area contributed by atoms with E-state index in [4.69, 9.17) is 5.10 Å². The minimum absolute atomic E-state index is 0.322. The Balaban J connectivity index is 1.77. The number of likely N-dealkylation sites (N-methyl/N-ethyl adjacent to an activating group) is 1. The maximum Gasteiger partial charge on any atom is 0.137 e. The van der Waals surface area contributed by atoms with E-state index >= 15 is 0 Å². The van der Waals surface area contributed by atoms with Crippen molar-refractivity contribution in [3.63, 3.8) is 0 Å². The van der Waals surface area contributed by atoms with Gasteiger partial charge in [0, 0.05) is 56.4 Å². The maximum atomic E-state index is 10.7. The van der Waals surface area contributed by atoms with Gasteiger partial charge in [-0.15, -0.1) is 0 Å². The topological polar surface area (TPSA) is 47.8 Å². The lowest BCUT2D eigenvalue weighted by Crippen LogP contribution is -2.45. The monoisotopic (exact) mass is 475 g/mol. The van der Waals surface area contributed by atoms with Crippen LogP contribution in [-0.2, 0) is 19.5 Å². The molecule has 0 aliphatic carbocycles. The Morgan fingerprint density at radius 1 is 1.00 bits per heavy atom. The number of hydrogen-bond acceptors (Lipinski definition) is 5. The zero-order valence-electron chi connectivity index (χ0n) is 22.3. The van der Waals surface area contributed by atoms with Crippen LogP contribution < -0.4 is 4.90 Å². The molecule has 35 heavy (non-hydrogen) atoms. The fourth-order valence-corrected chi connectivity index (χ4v) is 4.90. The van der Waals surface area contributed by atoms with Crippen molar-refractivity contribution in [2.75, 3.05) is 38.1 Å². The maximum absolute atomic E-state index is 10.7. The molecule has 0 atom stereocenters. The van der Waals surface area contributed by atoms with E-state index < -0.39 is 0 Å². The summed E-state index contributed by atoms with van der Waals surface area (Å²) in [5.41, 5.74) is 6.71. The summed E-state index contributed by atoms with van der Waals surface area (Å²) in [5, 5.41) is 15.9. The summed E-state index contributed by atoms with van der Waals surface area (Å²) >= 11 is 0. The van der Waals surface area contributed by atoms with Crippen LogP contribution in [0, 0.1) is 13.8 Å². The molecule has 1 N–H and O–H groups in total. The SMILES string of the molecule is CCc1nn(-c2cccc(C)c2)c(N2CCN(C)CC2)c1CN(Cc1cccc(C)c1O)C(C)C. The highest BCUT2D eigenvalue weighted by molar-refractivity contribution is 5.56. The van der Waals surface area contributed by atoms with E-state index in [0.717, 1.165) is 61.7 Å². The predicted octanol–water partition coefficient (Wildman–Crippen LogP) is 4.92. The third-order valence-corrected chi connectivity index (χ3v) is 7.21. The number of rotatable bonds is 8. The normalized spacial score (nSPS) is 14.9. The van der Waals surface area contributed by atoms with Crippen LogP contribution in [0.25, 0.3) is 5.69 Å². The molecule has 2 aromatic carbocycles. The smallest absolute Gasteiger partial charge is 0.137 e. The zero-order chi connectivity index (χ0) is 25.1. The molecule has 0 radical (unpaired) electrons. The molecule has 0 spiro atoms. The van der Waals surface area contributed by atoms with Gasteiger partial charge in [0.15, 0.2) is 0 Å². The lowest BCUT2D eigenvalue weighted by molar-refractivity contribution is 0.200. The molecule has 1 fully saturated rings. The molecule has 0 unspecified atom stereocenters. The first-order valence-electron chi connectivity index (χ1n) is 12.9. The van der Waals surface area contributed by atoms with Crippen LogP contribution in [0.4, 0.5) is 5.82 Å². The molecular formula is C29H41N5O. The van der Waals surface area contributed by atoms with Gasteiger partial charge in [0.05, 0.1) is 11.4 Å². The molecule has 6 nitrogen and oxygen atoms in total. The van der Waals surface area contributed by atoms with Gasteiger partial charge in [0.2, 0.25) is 0 Å². The highest BCUT2D eigenvalue weighted by Crippen LogP contribution is 2.32. The number of aromatic nitrogens is 2. The number of aromatic hydroxyl groups is 1. The molecule has 0 amide bonds. The van der Waals surface area contributed by atoms with Gasteiger partial charge in [-0.2, -0.15) is 5.10 Å². The van der Waals surface area contributed by atoms with Crippen molar-refractivity contribution in [1.29, 1.82) is 0 Å². The van der Waals surface area contributed by atoms with E-state index in [1.54, 1.807) is 0 Å². The number of phenols is 1. The molecule has 1 aromatic heterocycles. The van der Waals surface area contributed by atoms with Crippen molar-refractivity contribution >= 4 is 5.82 Å². The highest BCUT2D eigenvalue weighted by atomic mass is 16.3. The van der Waals surface area contributed by atoms with Crippen LogP contribution in [0.5, 0.6) is 5.75 Å². The average molecular weight is 476 g/mol. The van der Waals surface area contributed by atoms with Gasteiger partial charge < -0.3 is 14.9 Å². The van der Waals surface area contributed by atoms with Gasteiger partial charge >= 0.3 is 0 Å². The Morgan fingerprint density at radius 2 is 1.71 bits per heavy atom. The molecule has 188 valence electrons. The van der Waals surface area contributed by atoms with Crippen LogP contribution in [0.15, 0.2) is 42.5 Å². The summed E-state index contributed by atoms with van der Waals surface area (Å²) in [5.74, 6) is 1.63. The van der Waals surface area contributed by atoms with Crippen molar-refractivity contribution in [2.24, 2.45) is 0 Å². The van der Waals surface area contributed by atoms with E-state index in [2.05, 4.69) is 78.4 Å². The van der Waals surface area contributed by atoms with E-state index in [9.17, 15) is 5.11 Å². The Hall–Kier alpha value is -2.83. The molecule has 1 saturated heterocycles. The molecule has 2 heterocycles. The Kier molecular flexibility index (Phi) is 7.82. The van der Waals surface area contributed by atoms with Crippen LogP contribution in [0.2, 0.25) is 0 Å². The molecule has 1 aliphatic heterocycles. The average Bonchev–Trinajstić information content (AvgIpc) is 3.20. The number of anilines is 1. The zero-order valence-corrected chi connectivity index (χ0v) is 22.3. The van der Waals surface area contributed by atoms with Crippen molar-refractivity contribution in [3.8, 4) is 11.4 Å². The molecule has 4 rings (SSSR count). The lowest BCUT2D eigenvalue weighted by Gasteiger charge is -2.35. The summed E-state index contributed by atoms with van der Waals surface area (Å²) < 4.78 is 2.18. The van der Waals surface area contributed by atoms with Gasteiger partial charge in [-0.1, -0.05) is 37.3 Å². The van der Waals surface area contributed by atoms with Gasteiger partial charge in [-0.3, -0.25) is 4.90 Å². The summed E-state index contributed by atoms with van der Waals surface area (Å²) in [6.45, 7) is 16.3. The fraction of sp³-hybridized carbons (Fsp3) is 0.483. The van der Waals surface area contributed by atoms with Gasteiger partial charge in [-0.25, -0.2) is 4.68 Å². The van der Waals surface area contributed by atoms with E-state index in [1.165, 1.54) is 16.9 Å². The van der Waals surface area contributed by atoms with Crippen LogP contribution >= 0.6 is 0 Å². The molecule has 3 aromatic rings. The molecule has 1 aliphatic rings.